The maximum Gasteiger partial charge on any atom is 0.137 e. The van der Waals surface area contributed by atoms with Crippen molar-refractivity contribution < 1.29 is 0 Å². The zero-order chi connectivity index (χ0) is 9.97. The van der Waals surface area contributed by atoms with Gasteiger partial charge in [-0.1, -0.05) is 13.3 Å². The monoisotopic (exact) mass is 194 g/mol. The quantitative estimate of drug-likeness (QED) is 0.773. The van der Waals surface area contributed by atoms with Gasteiger partial charge in [-0.2, -0.15) is 5.10 Å². The topological polar surface area (TPSA) is 56.7 Å². The molecule has 14 heavy (non-hydrogen) atoms. The van der Waals surface area contributed by atoms with Crippen molar-refractivity contribution in [1.29, 1.82) is 0 Å². The van der Waals surface area contributed by atoms with Crippen LogP contribution in [0.5, 0.6) is 0 Å². The van der Waals surface area contributed by atoms with E-state index >= 15 is 0 Å². The zero-order valence-electron chi connectivity index (χ0n) is 8.63. The molecular weight excluding hydrogens is 176 g/mol. The molecule has 0 amide bonds. The van der Waals surface area contributed by atoms with Gasteiger partial charge < -0.3 is 5.73 Å². The molecule has 4 nitrogen and oxygen atoms in total. The summed E-state index contributed by atoms with van der Waals surface area (Å²) in [7, 11) is 0. The zero-order valence-corrected chi connectivity index (χ0v) is 8.63. The number of hydrogen-bond donors (Lipinski definition) is 1. The van der Waals surface area contributed by atoms with E-state index in [1.165, 1.54) is 12.8 Å². The first-order chi connectivity index (χ1) is 6.81. The molecule has 4 heteroatoms. The summed E-state index contributed by atoms with van der Waals surface area (Å²) in [6.45, 7) is 2.25. The molecule has 1 heterocycles. The molecule has 3 unspecified atom stereocenters. The first-order valence-corrected chi connectivity index (χ1v) is 5.41. The minimum Gasteiger partial charge on any atom is -0.326 e. The smallest absolute Gasteiger partial charge is 0.137 e. The van der Waals surface area contributed by atoms with E-state index in [1.807, 2.05) is 4.68 Å². The summed E-state index contributed by atoms with van der Waals surface area (Å²) in [5, 5.41) is 4.18. The van der Waals surface area contributed by atoms with E-state index in [0.29, 0.717) is 6.04 Å². The van der Waals surface area contributed by atoms with Crippen LogP contribution < -0.4 is 5.73 Å². The van der Waals surface area contributed by atoms with Crippen LogP contribution in [0.1, 0.15) is 38.6 Å². The molecule has 0 aromatic carbocycles. The van der Waals surface area contributed by atoms with Gasteiger partial charge in [-0.05, 0) is 25.2 Å². The van der Waals surface area contributed by atoms with E-state index in [-0.39, 0.29) is 6.04 Å². The second-order valence-electron chi connectivity index (χ2n) is 4.19. The van der Waals surface area contributed by atoms with Crippen LogP contribution >= 0.6 is 0 Å². The van der Waals surface area contributed by atoms with Crippen LogP contribution in [0.3, 0.4) is 0 Å². The maximum absolute atomic E-state index is 6.10. The van der Waals surface area contributed by atoms with Crippen molar-refractivity contribution in [1.82, 2.24) is 14.8 Å². The Labute approximate surface area is 84.5 Å². The minimum absolute atomic E-state index is 0.250. The lowest BCUT2D eigenvalue weighted by Crippen LogP contribution is -2.38. The molecule has 1 aliphatic carbocycles. The van der Waals surface area contributed by atoms with Crippen molar-refractivity contribution in [3.8, 4) is 0 Å². The molecule has 1 fully saturated rings. The van der Waals surface area contributed by atoms with Crippen molar-refractivity contribution in [3.63, 3.8) is 0 Å². The molecule has 0 saturated heterocycles. The van der Waals surface area contributed by atoms with E-state index in [9.17, 15) is 0 Å². The van der Waals surface area contributed by atoms with Crippen molar-refractivity contribution >= 4 is 0 Å². The van der Waals surface area contributed by atoms with Gasteiger partial charge in [0.25, 0.3) is 0 Å². The first kappa shape index (κ1) is 9.65. The van der Waals surface area contributed by atoms with Gasteiger partial charge in [0.1, 0.15) is 12.7 Å². The fraction of sp³-hybridized carbons (Fsp3) is 0.800. The Hall–Kier alpha value is -0.900. The van der Waals surface area contributed by atoms with E-state index < -0.39 is 0 Å². The van der Waals surface area contributed by atoms with E-state index in [0.717, 1.165) is 18.8 Å². The largest absolute Gasteiger partial charge is 0.326 e. The summed E-state index contributed by atoms with van der Waals surface area (Å²) in [4.78, 5) is 3.98. The molecule has 78 valence electrons. The molecule has 1 aliphatic rings. The highest BCUT2D eigenvalue weighted by Gasteiger charge is 2.28. The molecule has 1 saturated carbocycles. The second-order valence-corrected chi connectivity index (χ2v) is 4.19. The van der Waals surface area contributed by atoms with Crippen LogP contribution in [0.15, 0.2) is 12.7 Å². The Morgan fingerprint density at radius 2 is 2.36 bits per heavy atom. The van der Waals surface area contributed by atoms with Gasteiger partial charge in [-0.15, -0.1) is 0 Å². The standard InChI is InChI=1S/C10H18N4/c1-2-8-3-4-9(11)10(5-8)14-7-12-6-13-14/h6-10H,2-5,11H2,1H3. The van der Waals surface area contributed by atoms with Crippen molar-refractivity contribution in [3.05, 3.63) is 12.7 Å². The predicted molar refractivity (Wildman–Crippen MR) is 54.7 cm³/mol. The average Bonchev–Trinajstić information content (AvgIpc) is 2.71. The first-order valence-electron chi connectivity index (χ1n) is 5.41. The van der Waals surface area contributed by atoms with E-state index in [4.69, 9.17) is 5.73 Å². The van der Waals surface area contributed by atoms with Crippen molar-refractivity contribution in [2.24, 2.45) is 11.7 Å². The molecule has 0 bridgehead atoms. The van der Waals surface area contributed by atoms with Gasteiger partial charge in [0.2, 0.25) is 0 Å². The molecule has 2 N–H and O–H groups in total. The molecule has 0 aliphatic heterocycles. The number of nitrogens with zero attached hydrogens (tertiary/aromatic N) is 3. The van der Waals surface area contributed by atoms with Gasteiger partial charge in [0.05, 0.1) is 6.04 Å². The molecule has 1 aromatic rings. The number of hydrogen-bond acceptors (Lipinski definition) is 3. The van der Waals surface area contributed by atoms with Crippen LogP contribution in [-0.2, 0) is 0 Å². The minimum atomic E-state index is 0.250. The lowest BCUT2D eigenvalue weighted by atomic mass is 9.81. The summed E-state index contributed by atoms with van der Waals surface area (Å²) in [5.74, 6) is 0.809. The number of rotatable bonds is 2. The summed E-state index contributed by atoms with van der Waals surface area (Å²) < 4.78 is 1.92. The Morgan fingerprint density at radius 1 is 1.50 bits per heavy atom. The highest BCUT2D eigenvalue weighted by Crippen LogP contribution is 2.32. The summed E-state index contributed by atoms with van der Waals surface area (Å²) in [5.41, 5.74) is 6.10. The Kier molecular flexibility index (Phi) is 2.82. The molecule has 0 radical (unpaired) electrons. The number of aromatic nitrogens is 3. The van der Waals surface area contributed by atoms with Crippen LogP contribution in [-0.4, -0.2) is 20.8 Å². The van der Waals surface area contributed by atoms with E-state index in [1.54, 1.807) is 12.7 Å². The summed E-state index contributed by atoms with van der Waals surface area (Å²) in [6, 6.07) is 0.607. The Morgan fingerprint density at radius 3 is 3.00 bits per heavy atom. The Bertz CT molecular complexity index is 270. The fourth-order valence-corrected chi connectivity index (χ4v) is 2.32. The second kappa shape index (κ2) is 4.09. The SMILES string of the molecule is CCC1CCC(N)C(n2cncn2)C1. The van der Waals surface area contributed by atoms with Gasteiger partial charge in [0.15, 0.2) is 0 Å². The van der Waals surface area contributed by atoms with Gasteiger partial charge in [-0.25, -0.2) is 9.67 Å². The van der Waals surface area contributed by atoms with Crippen LogP contribution in [0, 0.1) is 5.92 Å². The van der Waals surface area contributed by atoms with Gasteiger partial charge in [0, 0.05) is 6.04 Å². The third kappa shape index (κ3) is 1.80. The summed E-state index contributed by atoms with van der Waals surface area (Å²) >= 11 is 0. The maximum atomic E-state index is 6.10. The highest BCUT2D eigenvalue weighted by molar-refractivity contribution is 4.86. The average molecular weight is 194 g/mol. The molecule has 2 rings (SSSR count). The Balaban J connectivity index is 2.09. The van der Waals surface area contributed by atoms with E-state index in [2.05, 4.69) is 17.0 Å². The molecule has 0 spiro atoms. The van der Waals surface area contributed by atoms with Crippen molar-refractivity contribution in [2.75, 3.05) is 0 Å². The highest BCUT2D eigenvalue weighted by atomic mass is 15.3. The predicted octanol–water partition coefficient (Wildman–Crippen LogP) is 1.36. The van der Waals surface area contributed by atoms with Crippen LogP contribution in [0.2, 0.25) is 0 Å². The summed E-state index contributed by atoms with van der Waals surface area (Å²) in [6.07, 6.45) is 8.15. The van der Waals surface area contributed by atoms with Gasteiger partial charge in [-0.3, -0.25) is 0 Å². The van der Waals surface area contributed by atoms with Crippen LogP contribution in [0.4, 0.5) is 0 Å². The lowest BCUT2D eigenvalue weighted by Gasteiger charge is -2.33. The third-order valence-electron chi connectivity index (χ3n) is 3.33. The molecular formula is C10H18N4. The fourth-order valence-electron chi connectivity index (χ4n) is 2.32. The van der Waals surface area contributed by atoms with Crippen molar-refractivity contribution in [2.45, 2.75) is 44.7 Å². The molecule has 1 aromatic heterocycles. The number of nitrogens with two attached hydrogens (primary N) is 1. The third-order valence-corrected chi connectivity index (χ3v) is 3.33. The molecule has 3 atom stereocenters. The van der Waals surface area contributed by atoms with Crippen LogP contribution in [0.25, 0.3) is 0 Å². The van der Waals surface area contributed by atoms with Gasteiger partial charge >= 0.3 is 0 Å². The lowest BCUT2D eigenvalue weighted by molar-refractivity contribution is 0.217. The normalized spacial score (nSPS) is 33.1.